The molecule has 20 heavy (non-hydrogen) atoms. The first-order valence-corrected chi connectivity index (χ1v) is 6.64. The van der Waals surface area contributed by atoms with Crippen molar-refractivity contribution in [2.24, 2.45) is 0 Å². The standard InChI is InChI=1S/C15H11Cl2FO2/c1-9(20-12-5-3-11(18)4-6-12)15(19)13-7-2-10(16)8-14(13)17/h2-9H,1H3. The number of carbonyl (C=O) groups is 1. The van der Waals surface area contributed by atoms with E-state index in [0.717, 1.165) is 0 Å². The Hall–Kier alpha value is -1.58. The molecule has 0 saturated carbocycles. The molecule has 0 radical (unpaired) electrons. The van der Waals surface area contributed by atoms with Crippen molar-refractivity contribution in [1.29, 1.82) is 0 Å². The normalized spacial score (nSPS) is 12.0. The molecule has 104 valence electrons. The van der Waals surface area contributed by atoms with Crippen LogP contribution < -0.4 is 4.74 Å². The minimum absolute atomic E-state index is 0.268. The summed E-state index contributed by atoms with van der Waals surface area (Å²) in [7, 11) is 0. The van der Waals surface area contributed by atoms with Crippen LogP contribution in [0.1, 0.15) is 17.3 Å². The molecule has 0 aliphatic carbocycles. The highest BCUT2D eigenvalue weighted by Crippen LogP contribution is 2.23. The van der Waals surface area contributed by atoms with Crippen LogP contribution in [0.2, 0.25) is 10.0 Å². The Morgan fingerprint density at radius 2 is 1.80 bits per heavy atom. The van der Waals surface area contributed by atoms with Crippen LogP contribution in [0.5, 0.6) is 5.75 Å². The highest BCUT2D eigenvalue weighted by molar-refractivity contribution is 6.37. The Morgan fingerprint density at radius 1 is 1.15 bits per heavy atom. The molecule has 2 aromatic rings. The molecule has 1 atom stereocenters. The molecule has 0 spiro atoms. The zero-order chi connectivity index (χ0) is 14.7. The van der Waals surface area contributed by atoms with E-state index in [2.05, 4.69) is 0 Å². The summed E-state index contributed by atoms with van der Waals surface area (Å²) >= 11 is 11.8. The Bertz CT molecular complexity index is 626. The van der Waals surface area contributed by atoms with Crippen LogP contribution in [0, 0.1) is 5.82 Å². The van der Waals surface area contributed by atoms with Crippen LogP contribution in [0.3, 0.4) is 0 Å². The molecule has 0 amide bonds. The van der Waals surface area contributed by atoms with Gasteiger partial charge in [-0.1, -0.05) is 23.2 Å². The number of rotatable bonds is 4. The minimum atomic E-state index is -0.737. The Morgan fingerprint density at radius 3 is 2.40 bits per heavy atom. The fraction of sp³-hybridized carbons (Fsp3) is 0.133. The topological polar surface area (TPSA) is 26.3 Å². The molecule has 0 fully saturated rings. The minimum Gasteiger partial charge on any atom is -0.483 e. The smallest absolute Gasteiger partial charge is 0.204 e. The lowest BCUT2D eigenvalue weighted by Crippen LogP contribution is -2.24. The van der Waals surface area contributed by atoms with Crippen molar-refractivity contribution in [3.63, 3.8) is 0 Å². The number of halogens is 3. The van der Waals surface area contributed by atoms with E-state index >= 15 is 0 Å². The maximum Gasteiger partial charge on any atom is 0.204 e. The number of hydrogen-bond donors (Lipinski definition) is 0. The van der Waals surface area contributed by atoms with Crippen LogP contribution in [-0.2, 0) is 0 Å². The van der Waals surface area contributed by atoms with Crippen LogP contribution in [0.4, 0.5) is 4.39 Å². The third kappa shape index (κ3) is 3.50. The molecule has 2 aromatic carbocycles. The molecule has 0 aromatic heterocycles. The lowest BCUT2D eigenvalue weighted by atomic mass is 10.1. The summed E-state index contributed by atoms with van der Waals surface area (Å²) in [5.41, 5.74) is 0.339. The Kier molecular flexibility index (Phi) is 4.63. The van der Waals surface area contributed by atoms with E-state index < -0.39 is 6.10 Å². The van der Waals surface area contributed by atoms with Crippen LogP contribution in [-0.4, -0.2) is 11.9 Å². The zero-order valence-electron chi connectivity index (χ0n) is 10.6. The van der Waals surface area contributed by atoms with E-state index in [1.807, 2.05) is 0 Å². The Balaban J connectivity index is 2.14. The molecule has 1 unspecified atom stereocenters. The molecule has 5 heteroatoms. The summed E-state index contributed by atoms with van der Waals surface area (Å²) in [6.45, 7) is 1.61. The van der Waals surface area contributed by atoms with E-state index in [1.165, 1.54) is 30.3 Å². The van der Waals surface area contributed by atoms with Gasteiger partial charge in [-0.2, -0.15) is 0 Å². The van der Waals surface area contributed by atoms with Gasteiger partial charge in [-0.3, -0.25) is 4.79 Å². The van der Waals surface area contributed by atoms with Gasteiger partial charge in [-0.25, -0.2) is 4.39 Å². The van der Waals surface area contributed by atoms with Gasteiger partial charge >= 0.3 is 0 Å². The predicted octanol–water partition coefficient (Wildman–Crippen LogP) is 4.78. The summed E-state index contributed by atoms with van der Waals surface area (Å²) < 4.78 is 18.2. The molecule has 2 rings (SSSR count). The number of hydrogen-bond acceptors (Lipinski definition) is 2. The van der Waals surface area contributed by atoms with Crippen molar-refractivity contribution in [1.82, 2.24) is 0 Å². The largest absolute Gasteiger partial charge is 0.483 e. The van der Waals surface area contributed by atoms with Gasteiger partial charge in [-0.05, 0) is 49.4 Å². The van der Waals surface area contributed by atoms with E-state index in [4.69, 9.17) is 27.9 Å². The number of ether oxygens (including phenoxy) is 1. The third-order valence-electron chi connectivity index (χ3n) is 2.69. The van der Waals surface area contributed by atoms with Crippen molar-refractivity contribution in [2.45, 2.75) is 13.0 Å². The average Bonchev–Trinajstić information content (AvgIpc) is 2.40. The molecule has 0 bridgehead atoms. The molecule has 2 nitrogen and oxygen atoms in total. The van der Waals surface area contributed by atoms with Crippen LogP contribution >= 0.6 is 23.2 Å². The number of ketones is 1. The van der Waals surface area contributed by atoms with E-state index in [-0.39, 0.29) is 16.6 Å². The second-order valence-corrected chi connectivity index (χ2v) is 5.05. The molecule has 0 aliphatic rings. The predicted molar refractivity (Wildman–Crippen MR) is 77.3 cm³/mol. The number of Topliss-reactive ketones (excluding diaryl/α,β-unsaturated/α-hetero) is 1. The summed E-state index contributed by atoms with van der Waals surface area (Å²) in [4.78, 5) is 12.2. The van der Waals surface area contributed by atoms with Crippen LogP contribution in [0.25, 0.3) is 0 Å². The zero-order valence-corrected chi connectivity index (χ0v) is 12.1. The fourth-order valence-corrected chi connectivity index (χ4v) is 2.18. The van der Waals surface area contributed by atoms with Crippen LogP contribution in [0.15, 0.2) is 42.5 Å². The monoisotopic (exact) mass is 312 g/mol. The van der Waals surface area contributed by atoms with Gasteiger partial charge in [0.15, 0.2) is 6.10 Å². The average molecular weight is 313 g/mol. The highest BCUT2D eigenvalue weighted by atomic mass is 35.5. The van der Waals surface area contributed by atoms with Crippen molar-refractivity contribution >= 4 is 29.0 Å². The van der Waals surface area contributed by atoms with Gasteiger partial charge in [0.1, 0.15) is 11.6 Å². The van der Waals surface area contributed by atoms with Gasteiger partial charge < -0.3 is 4.74 Å². The van der Waals surface area contributed by atoms with Gasteiger partial charge in [-0.15, -0.1) is 0 Å². The SMILES string of the molecule is CC(Oc1ccc(F)cc1)C(=O)c1ccc(Cl)cc1Cl. The van der Waals surface area contributed by atoms with E-state index in [0.29, 0.717) is 16.3 Å². The lowest BCUT2D eigenvalue weighted by Gasteiger charge is -2.14. The van der Waals surface area contributed by atoms with Gasteiger partial charge in [0.25, 0.3) is 0 Å². The maximum atomic E-state index is 12.8. The molecular weight excluding hydrogens is 302 g/mol. The van der Waals surface area contributed by atoms with Crippen molar-refractivity contribution in [2.75, 3.05) is 0 Å². The van der Waals surface area contributed by atoms with E-state index in [9.17, 15) is 9.18 Å². The first kappa shape index (κ1) is 14.8. The molecular formula is C15H11Cl2FO2. The van der Waals surface area contributed by atoms with E-state index in [1.54, 1.807) is 19.1 Å². The first-order valence-electron chi connectivity index (χ1n) is 5.89. The highest BCUT2D eigenvalue weighted by Gasteiger charge is 2.19. The van der Waals surface area contributed by atoms with Gasteiger partial charge in [0.2, 0.25) is 5.78 Å². The number of carbonyl (C=O) groups excluding carboxylic acids is 1. The molecule has 0 heterocycles. The van der Waals surface area contributed by atoms with Crippen molar-refractivity contribution in [3.8, 4) is 5.75 Å². The summed E-state index contributed by atoms with van der Waals surface area (Å²) in [5.74, 6) is -0.217. The third-order valence-corrected chi connectivity index (χ3v) is 3.24. The fourth-order valence-electron chi connectivity index (χ4n) is 1.68. The summed E-state index contributed by atoms with van der Waals surface area (Å²) in [6, 6.07) is 10.1. The van der Waals surface area contributed by atoms with Crippen molar-refractivity contribution in [3.05, 3.63) is 63.9 Å². The summed E-state index contributed by atoms with van der Waals surface area (Å²) in [6.07, 6.45) is -0.737. The molecule has 0 N–H and O–H groups in total. The summed E-state index contributed by atoms with van der Waals surface area (Å²) in [5, 5.41) is 0.732. The lowest BCUT2D eigenvalue weighted by molar-refractivity contribution is 0.0818. The number of benzene rings is 2. The molecule has 0 aliphatic heterocycles. The van der Waals surface area contributed by atoms with Gasteiger partial charge in [0.05, 0.1) is 5.02 Å². The molecule has 0 saturated heterocycles. The second kappa shape index (κ2) is 6.25. The maximum absolute atomic E-state index is 12.8. The second-order valence-electron chi connectivity index (χ2n) is 4.20. The Labute approximate surface area is 126 Å². The first-order chi connectivity index (χ1) is 9.47. The quantitative estimate of drug-likeness (QED) is 0.759. The van der Waals surface area contributed by atoms with Gasteiger partial charge in [0, 0.05) is 10.6 Å². The van der Waals surface area contributed by atoms with Crippen molar-refractivity contribution < 1.29 is 13.9 Å².